The quantitative estimate of drug-likeness (QED) is 0.866. The molecule has 0 unspecified atom stereocenters. The molecule has 1 aliphatic rings. The molecule has 1 heterocycles. The summed E-state index contributed by atoms with van der Waals surface area (Å²) in [5.41, 5.74) is 5.26. The Balaban J connectivity index is 1.79. The minimum Gasteiger partial charge on any atom is -0.328 e. The maximum Gasteiger partial charge on any atom is 0.416 e. The van der Waals surface area contributed by atoms with Crippen LogP contribution in [0.3, 0.4) is 0 Å². The van der Waals surface area contributed by atoms with Gasteiger partial charge in [0.05, 0.1) is 5.56 Å². The minimum absolute atomic E-state index is 0.308. The summed E-state index contributed by atoms with van der Waals surface area (Å²) in [6.45, 7) is 2.88. The fourth-order valence-electron chi connectivity index (χ4n) is 2.23. The van der Waals surface area contributed by atoms with E-state index in [-0.39, 0.29) is 0 Å². The van der Waals surface area contributed by atoms with Crippen LogP contribution in [0.2, 0.25) is 0 Å². The topological polar surface area (TPSA) is 29.3 Å². The molecule has 6 heteroatoms. The Kier molecular flexibility index (Phi) is 5.35. The number of alkyl halides is 3. The molecular weight excluding hydrogens is 285 g/mol. The largest absolute Gasteiger partial charge is 0.416 e. The first-order valence-corrected chi connectivity index (χ1v) is 7.72. The highest BCUT2D eigenvalue weighted by Gasteiger charge is 2.30. The summed E-state index contributed by atoms with van der Waals surface area (Å²) >= 11 is 1.47. The van der Waals surface area contributed by atoms with Crippen molar-refractivity contribution in [2.24, 2.45) is 5.73 Å². The molecule has 1 saturated heterocycles. The lowest BCUT2D eigenvalue weighted by atomic mass is 10.1. The summed E-state index contributed by atoms with van der Waals surface area (Å²) in [6.07, 6.45) is -2.25. The van der Waals surface area contributed by atoms with Crippen molar-refractivity contribution in [1.82, 2.24) is 4.90 Å². The lowest BCUT2D eigenvalue weighted by Crippen LogP contribution is -2.40. The second-order valence-corrected chi connectivity index (χ2v) is 6.22. The van der Waals surface area contributed by atoms with Crippen molar-refractivity contribution in [3.05, 3.63) is 29.8 Å². The smallest absolute Gasteiger partial charge is 0.328 e. The molecule has 0 bridgehead atoms. The van der Waals surface area contributed by atoms with E-state index in [1.165, 1.54) is 23.9 Å². The van der Waals surface area contributed by atoms with Gasteiger partial charge in [0.15, 0.2) is 0 Å². The number of halogens is 3. The van der Waals surface area contributed by atoms with Crippen molar-refractivity contribution in [3.8, 4) is 0 Å². The van der Waals surface area contributed by atoms with E-state index >= 15 is 0 Å². The lowest BCUT2D eigenvalue weighted by Gasteiger charge is -2.29. The molecule has 1 fully saturated rings. The Bertz CT molecular complexity index is 429. The lowest BCUT2D eigenvalue weighted by molar-refractivity contribution is -0.137. The first-order chi connectivity index (χ1) is 9.45. The first-order valence-electron chi connectivity index (χ1n) is 6.73. The molecule has 1 aromatic carbocycles. The van der Waals surface area contributed by atoms with E-state index in [2.05, 4.69) is 4.90 Å². The Morgan fingerprint density at radius 2 is 1.95 bits per heavy atom. The molecule has 0 radical (unpaired) electrons. The van der Waals surface area contributed by atoms with Gasteiger partial charge in [-0.2, -0.15) is 13.2 Å². The number of benzene rings is 1. The number of hydrogen-bond donors (Lipinski definition) is 1. The number of piperidine rings is 1. The van der Waals surface area contributed by atoms with Gasteiger partial charge >= 0.3 is 6.18 Å². The summed E-state index contributed by atoms with van der Waals surface area (Å²) < 4.78 is 37.8. The molecule has 2 rings (SSSR count). The summed E-state index contributed by atoms with van der Waals surface area (Å²) in [5, 5.41) is 0. The molecule has 1 aromatic rings. The average molecular weight is 304 g/mol. The summed E-state index contributed by atoms with van der Waals surface area (Å²) in [5.74, 6) is 0.802. The molecular formula is C14H19F3N2S. The fraction of sp³-hybridized carbons (Fsp3) is 0.571. The second-order valence-electron chi connectivity index (χ2n) is 5.05. The molecule has 112 valence electrons. The van der Waals surface area contributed by atoms with Gasteiger partial charge in [-0.15, -0.1) is 11.8 Å². The van der Waals surface area contributed by atoms with Gasteiger partial charge in [0.2, 0.25) is 0 Å². The zero-order valence-corrected chi connectivity index (χ0v) is 12.0. The number of hydrogen-bond acceptors (Lipinski definition) is 3. The molecule has 0 saturated carbocycles. The van der Waals surface area contributed by atoms with Crippen molar-refractivity contribution in [2.75, 3.05) is 25.4 Å². The Morgan fingerprint density at radius 3 is 2.60 bits per heavy atom. The number of nitrogens with two attached hydrogens (primary N) is 1. The maximum absolute atomic E-state index is 12.6. The fourth-order valence-corrected chi connectivity index (χ4v) is 3.20. The third kappa shape index (κ3) is 4.68. The van der Waals surface area contributed by atoms with E-state index in [4.69, 9.17) is 5.73 Å². The monoisotopic (exact) mass is 304 g/mol. The second kappa shape index (κ2) is 6.83. The molecule has 20 heavy (non-hydrogen) atoms. The zero-order valence-electron chi connectivity index (χ0n) is 11.2. The maximum atomic E-state index is 12.6. The predicted octanol–water partition coefficient (Wildman–Crippen LogP) is 3.22. The molecule has 2 N–H and O–H groups in total. The van der Waals surface area contributed by atoms with Crippen LogP contribution >= 0.6 is 11.8 Å². The standard InChI is InChI=1S/C14H19F3N2S/c15-14(16,17)11-2-1-3-13(10-11)20-9-8-19-6-4-12(18)5-7-19/h1-3,10,12H,4-9,18H2. The number of rotatable bonds is 4. The van der Waals surface area contributed by atoms with Crippen LogP contribution in [0, 0.1) is 0 Å². The van der Waals surface area contributed by atoms with Gasteiger partial charge in [-0.3, -0.25) is 0 Å². The number of nitrogens with zero attached hydrogens (tertiary/aromatic N) is 1. The van der Waals surface area contributed by atoms with Gasteiger partial charge in [-0.05, 0) is 44.1 Å². The predicted molar refractivity (Wildman–Crippen MR) is 75.8 cm³/mol. The molecule has 0 amide bonds. The molecule has 1 aliphatic heterocycles. The summed E-state index contributed by atoms with van der Waals surface area (Å²) in [6, 6.07) is 5.83. The molecule has 0 aliphatic carbocycles. The van der Waals surface area contributed by atoms with Crippen LogP contribution in [0.25, 0.3) is 0 Å². The van der Waals surface area contributed by atoms with Gasteiger partial charge in [0.25, 0.3) is 0 Å². The van der Waals surface area contributed by atoms with Gasteiger partial charge in [-0.25, -0.2) is 0 Å². The Morgan fingerprint density at radius 1 is 1.25 bits per heavy atom. The van der Waals surface area contributed by atoms with Gasteiger partial charge in [-0.1, -0.05) is 6.07 Å². The highest BCUT2D eigenvalue weighted by molar-refractivity contribution is 7.99. The number of likely N-dealkylation sites (tertiary alicyclic amines) is 1. The third-order valence-electron chi connectivity index (χ3n) is 3.47. The van der Waals surface area contributed by atoms with E-state index < -0.39 is 11.7 Å². The van der Waals surface area contributed by atoms with E-state index in [0.717, 1.165) is 44.3 Å². The normalized spacial score (nSPS) is 18.4. The van der Waals surface area contributed by atoms with Gasteiger partial charge in [0, 0.05) is 23.2 Å². The van der Waals surface area contributed by atoms with Crippen molar-refractivity contribution < 1.29 is 13.2 Å². The van der Waals surface area contributed by atoms with Crippen molar-refractivity contribution in [2.45, 2.75) is 30.0 Å². The average Bonchev–Trinajstić information content (AvgIpc) is 2.40. The highest BCUT2D eigenvalue weighted by Crippen LogP contribution is 2.31. The van der Waals surface area contributed by atoms with Crippen LogP contribution < -0.4 is 5.73 Å². The van der Waals surface area contributed by atoms with E-state index in [9.17, 15) is 13.2 Å². The molecule has 0 spiro atoms. The molecule has 0 aromatic heterocycles. The van der Waals surface area contributed by atoms with Gasteiger partial charge < -0.3 is 10.6 Å². The highest BCUT2D eigenvalue weighted by atomic mass is 32.2. The van der Waals surface area contributed by atoms with Crippen LogP contribution in [0.1, 0.15) is 18.4 Å². The number of thioether (sulfide) groups is 1. The Hall–Kier alpha value is -0.720. The summed E-state index contributed by atoms with van der Waals surface area (Å²) in [4.78, 5) is 3.00. The van der Waals surface area contributed by atoms with Crippen LogP contribution in [-0.4, -0.2) is 36.3 Å². The van der Waals surface area contributed by atoms with E-state index in [1.54, 1.807) is 6.07 Å². The van der Waals surface area contributed by atoms with Crippen molar-refractivity contribution in [1.29, 1.82) is 0 Å². The van der Waals surface area contributed by atoms with Crippen molar-refractivity contribution >= 4 is 11.8 Å². The minimum atomic E-state index is -4.26. The SMILES string of the molecule is NC1CCN(CCSc2cccc(C(F)(F)F)c2)CC1. The van der Waals surface area contributed by atoms with Crippen LogP contribution in [-0.2, 0) is 6.18 Å². The summed E-state index contributed by atoms with van der Waals surface area (Å²) in [7, 11) is 0. The van der Waals surface area contributed by atoms with E-state index in [1.807, 2.05) is 0 Å². The van der Waals surface area contributed by atoms with Crippen LogP contribution in [0.5, 0.6) is 0 Å². The van der Waals surface area contributed by atoms with E-state index in [0.29, 0.717) is 10.9 Å². The van der Waals surface area contributed by atoms with Crippen LogP contribution in [0.15, 0.2) is 29.2 Å². The van der Waals surface area contributed by atoms with Crippen molar-refractivity contribution in [3.63, 3.8) is 0 Å². The first kappa shape index (κ1) is 15.7. The van der Waals surface area contributed by atoms with Crippen LogP contribution in [0.4, 0.5) is 13.2 Å². The third-order valence-corrected chi connectivity index (χ3v) is 4.44. The van der Waals surface area contributed by atoms with Gasteiger partial charge in [0.1, 0.15) is 0 Å². The Labute approximate surface area is 121 Å². The molecule has 0 atom stereocenters. The molecule has 2 nitrogen and oxygen atoms in total. The zero-order chi connectivity index (χ0) is 14.6.